The van der Waals surface area contributed by atoms with Crippen LogP contribution in [0.1, 0.15) is 37.3 Å². The summed E-state index contributed by atoms with van der Waals surface area (Å²) in [4.78, 5) is 25.0. The van der Waals surface area contributed by atoms with Crippen molar-refractivity contribution in [1.29, 1.82) is 0 Å². The molecule has 0 radical (unpaired) electrons. The van der Waals surface area contributed by atoms with Gasteiger partial charge in [0, 0.05) is 11.1 Å². The Morgan fingerprint density at radius 3 is 2.42 bits per heavy atom. The van der Waals surface area contributed by atoms with Crippen molar-refractivity contribution in [3.8, 4) is 0 Å². The highest BCUT2D eigenvalue weighted by molar-refractivity contribution is 7.10. The summed E-state index contributed by atoms with van der Waals surface area (Å²) < 4.78 is 0. The third-order valence-corrected chi connectivity index (χ3v) is 4.24. The van der Waals surface area contributed by atoms with E-state index in [4.69, 9.17) is 0 Å². The number of quaternary nitrogens is 1. The van der Waals surface area contributed by atoms with Crippen LogP contribution in [0.3, 0.4) is 0 Å². The zero-order valence-corrected chi connectivity index (χ0v) is 15.0. The Morgan fingerprint density at radius 2 is 1.83 bits per heavy atom. The second-order valence-electron chi connectivity index (χ2n) is 6.60. The number of carbonyl (C=O) groups is 2. The lowest BCUT2D eigenvalue weighted by molar-refractivity contribution is -0.676. The van der Waals surface area contributed by atoms with Crippen molar-refractivity contribution >= 4 is 23.3 Å². The summed E-state index contributed by atoms with van der Waals surface area (Å²) in [5.74, 6) is -0.311. The summed E-state index contributed by atoms with van der Waals surface area (Å²) in [6.07, 6.45) is 0. The topological polar surface area (TPSA) is 74.8 Å². The standard InChI is InChI=1S/C18H23N3O2S/c1-18(2,3)21-17(23)20-15(22)12-19-16(14-10-7-11-24-14)13-8-5-4-6-9-13/h4-11,16,19H,12H2,1-3H3,(H2,20,21,22,23)/p+1/t16-/m1/s1. The summed E-state index contributed by atoms with van der Waals surface area (Å²) in [5, 5.41) is 9.06. The number of nitrogens with one attached hydrogen (secondary N) is 2. The molecule has 1 atom stereocenters. The molecule has 4 N–H and O–H groups in total. The monoisotopic (exact) mass is 346 g/mol. The Bertz CT molecular complexity index is 663. The number of amides is 3. The molecule has 0 aliphatic rings. The summed E-state index contributed by atoms with van der Waals surface area (Å²) in [6.45, 7) is 5.78. The SMILES string of the molecule is CC(C)(C)NC(=O)NC(=O)C[NH2+][C@H](c1ccccc1)c1cccs1. The van der Waals surface area contributed by atoms with Gasteiger partial charge in [-0.05, 0) is 32.2 Å². The molecular weight excluding hydrogens is 322 g/mol. The Kier molecular flexibility index (Phi) is 6.11. The fraction of sp³-hybridized carbons (Fsp3) is 0.333. The van der Waals surface area contributed by atoms with Crippen LogP contribution in [0, 0.1) is 0 Å². The average molecular weight is 346 g/mol. The van der Waals surface area contributed by atoms with Crippen LogP contribution < -0.4 is 16.0 Å². The molecule has 0 spiro atoms. The van der Waals surface area contributed by atoms with Crippen LogP contribution in [0.5, 0.6) is 0 Å². The zero-order chi connectivity index (χ0) is 17.6. The Balaban J connectivity index is 1.96. The lowest BCUT2D eigenvalue weighted by Crippen LogP contribution is -2.87. The van der Waals surface area contributed by atoms with Gasteiger partial charge in [-0.3, -0.25) is 10.1 Å². The van der Waals surface area contributed by atoms with Gasteiger partial charge in [0.2, 0.25) is 0 Å². The Labute approximate surface area is 146 Å². The maximum Gasteiger partial charge on any atom is 0.322 e. The number of urea groups is 1. The van der Waals surface area contributed by atoms with Gasteiger partial charge in [-0.2, -0.15) is 0 Å². The number of thiophene rings is 1. The molecular formula is C18H24N3O2S+. The van der Waals surface area contributed by atoms with Crippen LogP contribution in [-0.4, -0.2) is 24.0 Å². The van der Waals surface area contributed by atoms with E-state index in [2.05, 4.69) is 16.7 Å². The van der Waals surface area contributed by atoms with Gasteiger partial charge in [0.05, 0.1) is 4.88 Å². The minimum Gasteiger partial charge on any atom is -0.333 e. The predicted octanol–water partition coefficient (Wildman–Crippen LogP) is 2.03. The van der Waals surface area contributed by atoms with Gasteiger partial charge in [0.25, 0.3) is 5.91 Å². The number of nitrogens with two attached hydrogens (primary N) is 1. The molecule has 24 heavy (non-hydrogen) atoms. The van der Waals surface area contributed by atoms with E-state index in [0.29, 0.717) is 0 Å². The van der Waals surface area contributed by atoms with E-state index in [1.807, 2.05) is 67.9 Å². The van der Waals surface area contributed by atoms with Gasteiger partial charge in [-0.25, -0.2) is 4.79 Å². The minimum atomic E-state index is -0.465. The molecule has 0 fully saturated rings. The van der Waals surface area contributed by atoms with E-state index in [0.717, 1.165) is 5.56 Å². The van der Waals surface area contributed by atoms with Crippen LogP contribution in [0.4, 0.5) is 4.79 Å². The molecule has 0 saturated carbocycles. The first-order valence-corrected chi connectivity index (χ1v) is 8.77. The third-order valence-electron chi connectivity index (χ3n) is 3.29. The third kappa shape index (κ3) is 5.79. The van der Waals surface area contributed by atoms with Gasteiger partial charge in [0.1, 0.15) is 6.04 Å². The highest BCUT2D eigenvalue weighted by atomic mass is 32.1. The minimum absolute atomic E-state index is 0.0441. The molecule has 2 aromatic rings. The van der Waals surface area contributed by atoms with Gasteiger partial charge in [-0.1, -0.05) is 36.4 Å². The van der Waals surface area contributed by atoms with Gasteiger partial charge in [-0.15, -0.1) is 11.3 Å². The highest BCUT2D eigenvalue weighted by Crippen LogP contribution is 2.22. The number of benzene rings is 1. The highest BCUT2D eigenvalue weighted by Gasteiger charge is 2.21. The van der Waals surface area contributed by atoms with Crippen molar-refractivity contribution < 1.29 is 14.9 Å². The summed E-state index contributed by atoms with van der Waals surface area (Å²) >= 11 is 1.66. The molecule has 0 aliphatic carbocycles. The molecule has 2 rings (SSSR count). The van der Waals surface area contributed by atoms with Crippen molar-refractivity contribution in [3.63, 3.8) is 0 Å². The average Bonchev–Trinajstić information content (AvgIpc) is 3.00. The maximum absolute atomic E-state index is 12.0. The van der Waals surface area contributed by atoms with E-state index in [-0.39, 0.29) is 24.0 Å². The van der Waals surface area contributed by atoms with Crippen LogP contribution >= 0.6 is 11.3 Å². The Morgan fingerprint density at radius 1 is 1.12 bits per heavy atom. The predicted molar refractivity (Wildman–Crippen MR) is 95.8 cm³/mol. The molecule has 128 valence electrons. The second-order valence-corrected chi connectivity index (χ2v) is 7.58. The number of hydrogen-bond acceptors (Lipinski definition) is 3. The first-order chi connectivity index (χ1) is 11.3. The van der Waals surface area contributed by atoms with Crippen molar-refractivity contribution in [1.82, 2.24) is 10.6 Å². The Hall–Kier alpha value is -2.18. The summed E-state index contributed by atoms with van der Waals surface area (Å²) in [6, 6.07) is 13.7. The second kappa shape index (κ2) is 8.08. The van der Waals surface area contributed by atoms with E-state index in [9.17, 15) is 9.59 Å². The molecule has 0 aliphatic heterocycles. The number of rotatable bonds is 5. The number of hydrogen-bond donors (Lipinski definition) is 3. The number of imide groups is 1. The fourth-order valence-electron chi connectivity index (χ4n) is 2.32. The molecule has 0 bridgehead atoms. The van der Waals surface area contributed by atoms with Crippen LogP contribution in [0.2, 0.25) is 0 Å². The zero-order valence-electron chi connectivity index (χ0n) is 14.2. The maximum atomic E-state index is 12.0. The van der Waals surface area contributed by atoms with Crippen LogP contribution in [0.15, 0.2) is 47.8 Å². The molecule has 1 aromatic carbocycles. The fourth-order valence-corrected chi connectivity index (χ4v) is 3.17. The van der Waals surface area contributed by atoms with Crippen molar-refractivity contribution in [3.05, 3.63) is 58.3 Å². The van der Waals surface area contributed by atoms with E-state index >= 15 is 0 Å². The molecule has 1 heterocycles. The lowest BCUT2D eigenvalue weighted by Gasteiger charge is -2.20. The van der Waals surface area contributed by atoms with Crippen molar-refractivity contribution in [2.45, 2.75) is 32.4 Å². The largest absolute Gasteiger partial charge is 0.333 e. The first-order valence-electron chi connectivity index (χ1n) is 7.89. The van der Waals surface area contributed by atoms with Crippen LogP contribution in [-0.2, 0) is 4.79 Å². The smallest absolute Gasteiger partial charge is 0.322 e. The van der Waals surface area contributed by atoms with E-state index in [1.165, 1.54) is 4.88 Å². The van der Waals surface area contributed by atoms with Gasteiger partial charge >= 0.3 is 6.03 Å². The molecule has 5 nitrogen and oxygen atoms in total. The molecule has 3 amide bonds. The first kappa shape index (κ1) is 18.2. The van der Waals surface area contributed by atoms with E-state index in [1.54, 1.807) is 11.3 Å². The quantitative estimate of drug-likeness (QED) is 0.775. The molecule has 0 saturated heterocycles. The normalized spacial score (nSPS) is 12.5. The van der Waals surface area contributed by atoms with Crippen molar-refractivity contribution in [2.24, 2.45) is 0 Å². The van der Waals surface area contributed by atoms with Crippen LogP contribution in [0.25, 0.3) is 0 Å². The van der Waals surface area contributed by atoms with Gasteiger partial charge < -0.3 is 10.6 Å². The summed E-state index contributed by atoms with van der Waals surface area (Å²) in [7, 11) is 0. The lowest BCUT2D eigenvalue weighted by atomic mass is 10.1. The molecule has 1 aromatic heterocycles. The molecule has 0 unspecified atom stereocenters. The van der Waals surface area contributed by atoms with E-state index < -0.39 is 6.03 Å². The van der Waals surface area contributed by atoms with Crippen molar-refractivity contribution in [2.75, 3.05) is 6.54 Å². The van der Waals surface area contributed by atoms with Gasteiger partial charge in [0.15, 0.2) is 6.54 Å². The summed E-state index contributed by atoms with van der Waals surface area (Å²) in [5.41, 5.74) is 0.754. The molecule has 6 heteroatoms. The number of carbonyl (C=O) groups excluding carboxylic acids is 2.